The molecule has 0 radical (unpaired) electrons. The van der Waals surface area contributed by atoms with Crippen LogP contribution in [0.15, 0.2) is 0 Å². The van der Waals surface area contributed by atoms with Crippen molar-refractivity contribution in [3.8, 4) is 0 Å². The van der Waals surface area contributed by atoms with Crippen molar-refractivity contribution in [3.63, 3.8) is 0 Å². The van der Waals surface area contributed by atoms with Gasteiger partial charge in [0.25, 0.3) is 0 Å². The first-order chi connectivity index (χ1) is 8.91. The van der Waals surface area contributed by atoms with Gasteiger partial charge in [0.15, 0.2) is 0 Å². The Labute approximate surface area is 113 Å². The standard InChI is InChI=1S/C13H24N2O4/c1-4-13(5-2,12(18)19)9-11(17)15-8-7-10(16)14-6-3/h4-9H2,1-3H3,(H,14,16)(H,15,17)(H,18,19). The monoisotopic (exact) mass is 272 g/mol. The van der Waals surface area contributed by atoms with Crippen molar-refractivity contribution in [2.75, 3.05) is 13.1 Å². The van der Waals surface area contributed by atoms with Crippen molar-refractivity contribution in [3.05, 3.63) is 0 Å². The van der Waals surface area contributed by atoms with Crippen LogP contribution >= 0.6 is 0 Å². The van der Waals surface area contributed by atoms with E-state index < -0.39 is 11.4 Å². The van der Waals surface area contributed by atoms with Gasteiger partial charge in [-0.05, 0) is 19.8 Å². The van der Waals surface area contributed by atoms with E-state index in [0.717, 1.165) is 0 Å². The number of hydrogen-bond acceptors (Lipinski definition) is 3. The number of hydrogen-bond donors (Lipinski definition) is 3. The average Bonchev–Trinajstić information content (AvgIpc) is 2.36. The predicted molar refractivity (Wildman–Crippen MR) is 71.6 cm³/mol. The summed E-state index contributed by atoms with van der Waals surface area (Å²) in [6, 6.07) is 0. The van der Waals surface area contributed by atoms with Crippen LogP contribution in [0.2, 0.25) is 0 Å². The van der Waals surface area contributed by atoms with E-state index in [1.807, 2.05) is 6.92 Å². The van der Waals surface area contributed by atoms with Crippen molar-refractivity contribution in [1.29, 1.82) is 0 Å². The molecule has 3 N–H and O–H groups in total. The summed E-state index contributed by atoms with van der Waals surface area (Å²) in [7, 11) is 0. The third-order valence-corrected chi connectivity index (χ3v) is 3.35. The lowest BCUT2D eigenvalue weighted by Crippen LogP contribution is -2.38. The fourth-order valence-corrected chi connectivity index (χ4v) is 1.85. The average molecular weight is 272 g/mol. The van der Waals surface area contributed by atoms with E-state index in [4.69, 9.17) is 0 Å². The van der Waals surface area contributed by atoms with Gasteiger partial charge in [0.1, 0.15) is 0 Å². The number of carboxylic acid groups (broad SMARTS) is 1. The predicted octanol–water partition coefficient (Wildman–Crippen LogP) is 0.910. The molecular formula is C13H24N2O4. The van der Waals surface area contributed by atoms with Gasteiger partial charge in [-0.15, -0.1) is 0 Å². The second kappa shape index (κ2) is 8.50. The first-order valence-electron chi connectivity index (χ1n) is 6.68. The Morgan fingerprint density at radius 1 is 1.00 bits per heavy atom. The topological polar surface area (TPSA) is 95.5 Å². The Kier molecular flexibility index (Phi) is 7.79. The number of carbonyl (C=O) groups excluding carboxylic acids is 2. The molecule has 0 spiro atoms. The molecule has 0 saturated carbocycles. The normalized spacial score (nSPS) is 10.9. The van der Waals surface area contributed by atoms with Gasteiger partial charge < -0.3 is 15.7 Å². The molecule has 0 unspecified atom stereocenters. The highest BCUT2D eigenvalue weighted by atomic mass is 16.4. The molecule has 0 atom stereocenters. The summed E-state index contributed by atoms with van der Waals surface area (Å²) >= 11 is 0. The third kappa shape index (κ3) is 5.72. The lowest BCUT2D eigenvalue weighted by atomic mass is 9.79. The van der Waals surface area contributed by atoms with E-state index in [1.165, 1.54) is 0 Å². The number of carboxylic acids is 1. The highest BCUT2D eigenvalue weighted by Crippen LogP contribution is 2.30. The minimum Gasteiger partial charge on any atom is -0.481 e. The smallest absolute Gasteiger partial charge is 0.310 e. The molecule has 2 amide bonds. The van der Waals surface area contributed by atoms with Crippen LogP contribution in [-0.2, 0) is 14.4 Å². The van der Waals surface area contributed by atoms with Gasteiger partial charge in [0.2, 0.25) is 11.8 Å². The van der Waals surface area contributed by atoms with E-state index in [-0.39, 0.29) is 31.2 Å². The molecule has 0 rings (SSSR count). The maximum absolute atomic E-state index is 11.7. The minimum atomic E-state index is -1.00. The molecule has 0 saturated heterocycles. The molecule has 6 nitrogen and oxygen atoms in total. The summed E-state index contributed by atoms with van der Waals surface area (Å²) in [6.07, 6.45) is 0.966. The SMILES string of the molecule is CCNC(=O)CCNC(=O)CC(CC)(CC)C(=O)O. The van der Waals surface area contributed by atoms with Crippen LogP contribution in [0.5, 0.6) is 0 Å². The van der Waals surface area contributed by atoms with E-state index in [2.05, 4.69) is 10.6 Å². The molecule has 0 bridgehead atoms. The summed E-state index contributed by atoms with van der Waals surface area (Å²) in [5.74, 6) is -1.40. The second-order valence-corrected chi connectivity index (χ2v) is 4.52. The quantitative estimate of drug-likeness (QED) is 0.581. The van der Waals surface area contributed by atoms with Crippen LogP contribution in [0.4, 0.5) is 0 Å². The molecule has 6 heteroatoms. The van der Waals surface area contributed by atoms with Gasteiger partial charge in [0, 0.05) is 25.9 Å². The van der Waals surface area contributed by atoms with Crippen molar-refractivity contribution in [2.24, 2.45) is 5.41 Å². The molecule has 0 heterocycles. The number of amides is 2. The zero-order valence-electron chi connectivity index (χ0n) is 11.9. The van der Waals surface area contributed by atoms with Gasteiger partial charge in [-0.25, -0.2) is 0 Å². The molecule has 0 fully saturated rings. The van der Waals surface area contributed by atoms with E-state index in [0.29, 0.717) is 19.4 Å². The van der Waals surface area contributed by atoms with Gasteiger partial charge in [-0.3, -0.25) is 14.4 Å². The highest BCUT2D eigenvalue weighted by Gasteiger charge is 2.36. The van der Waals surface area contributed by atoms with E-state index in [9.17, 15) is 19.5 Å². The maximum atomic E-state index is 11.7. The zero-order chi connectivity index (χ0) is 14.9. The van der Waals surface area contributed by atoms with Gasteiger partial charge in [-0.2, -0.15) is 0 Å². The van der Waals surface area contributed by atoms with Crippen LogP contribution in [0, 0.1) is 5.41 Å². The number of aliphatic carboxylic acids is 1. The molecule has 0 aromatic carbocycles. The molecule has 0 aromatic rings. The Morgan fingerprint density at radius 3 is 2.00 bits per heavy atom. The molecule has 0 aromatic heterocycles. The molecule has 0 aliphatic heterocycles. The molecule has 0 aliphatic rings. The van der Waals surface area contributed by atoms with Crippen molar-refractivity contribution in [1.82, 2.24) is 10.6 Å². The first kappa shape index (κ1) is 17.4. The lowest BCUT2D eigenvalue weighted by Gasteiger charge is -2.25. The van der Waals surface area contributed by atoms with Crippen LogP contribution in [0.25, 0.3) is 0 Å². The Balaban J connectivity index is 4.22. The van der Waals surface area contributed by atoms with Crippen LogP contribution in [0.1, 0.15) is 46.5 Å². The fraction of sp³-hybridized carbons (Fsp3) is 0.769. The number of carbonyl (C=O) groups is 3. The Bertz CT molecular complexity index is 325. The van der Waals surface area contributed by atoms with E-state index >= 15 is 0 Å². The largest absolute Gasteiger partial charge is 0.481 e. The zero-order valence-corrected chi connectivity index (χ0v) is 11.9. The van der Waals surface area contributed by atoms with E-state index in [1.54, 1.807) is 13.8 Å². The van der Waals surface area contributed by atoms with Gasteiger partial charge in [0.05, 0.1) is 5.41 Å². The maximum Gasteiger partial charge on any atom is 0.310 e. The van der Waals surface area contributed by atoms with Crippen LogP contribution in [0.3, 0.4) is 0 Å². The van der Waals surface area contributed by atoms with Gasteiger partial charge >= 0.3 is 5.97 Å². The molecule has 0 aliphatic carbocycles. The van der Waals surface area contributed by atoms with Crippen LogP contribution < -0.4 is 10.6 Å². The van der Waals surface area contributed by atoms with Crippen molar-refractivity contribution in [2.45, 2.75) is 46.5 Å². The first-order valence-corrected chi connectivity index (χ1v) is 6.68. The Morgan fingerprint density at radius 2 is 1.58 bits per heavy atom. The lowest BCUT2D eigenvalue weighted by molar-refractivity contribution is -0.152. The Hall–Kier alpha value is -1.59. The summed E-state index contributed by atoms with van der Waals surface area (Å²) in [5.41, 5.74) is -1.00. The van der Waals surface area contributed by atoms with Crippen LogP contribution in [-0.4, -0.2) is 36.0 Å². The number of nitrogens with one attached hydrogen (secondary N) is 2. The highest BCUT2D eigenvalue weighted by molar-refractivity contribution is 5.85. The second-order valence-electron chi connectivity index (χ2n) is 4.52. The summed E-state index contributed by atoms with van der Waals surface area (Å²) in [6.45, 7) is 6.13. The summed E-state index contributed by atoms with van der Waals surface area (Å²) in [4.78, 5) is 34.1. The van der Waals surface area contributed by atoms with Gasteiger partial charge in [-0.1, -0.05) is 13.8 Å². The van der Waals surface area contributed by atoms with Crippen molar-refractivity contribution >= 4 is 17.8 Å². The number of rotatable bonds is 9. The fourth-order valence-electron chi connectivity index (χ4n) is 1.85. The third-order valence-electron chi connectivity index (χ3n) is 3.35. The van der Waals surface area contributed by atoms with Crippen molar-refractivity contribution < 1.29 is 19.5 Å². The minimum absolute atomic E-state index is 0.0509. The molecular weight excluding hydrogens is 248 g/mol. The summed E-state index contributed by atoms with van der Waals surface area (Å²) in [5, 5.41) is 14.4. The molecule has 110 valence electrons. The summed E-state index contributed by atoms with van der Waals surface area (Å²) < 4.78 is 0. The molecule has 19 heavy (non-hydrogen) atoms.